The molecule has 24 heavy (non-hydrogen) atoms. The number of allylic oxidation sites excluding steroid dienone is 1. The van der Waals surface area contributed by atoms with Crippen LogP contribution in [0.3, 0.4) is 0 Å². The average molecular weight is 336 g/mol. The van der Waals surface area contributed by atoms with E-state index in [4.69, 9.17) is 0 Å². The van der Waals surface area contributed by atoms with Crippen molar-refractivity contribution >= 4 is 5.97 Å². The molecule has 0 aromatic carbocycles. The number of carboxylic acids is 1. The van der Waals surface area contributed by atoms with Gasteiger partial charge in [0, 0.05) is 38.7 Å². The minimum Gasteiger partial charge on any atom is -0.550 e. The van der Waals surface area contributed by atoms with Crippen molar-refractivity contribution in [2.75, 3.05) is 32.7 Å². The Balaban J connectivity index is 0. The Labute approximate surface area is 158 Å². The third kappa shape index (κ3) is 16.5. The minimum absolute atomic E-state index is 0. The summed E-state index contributed by atoms with van der Waals surface area (Å²) in [5.74, 6) is -1.08. The molecule has 2 unspecified atom stereocenters. The van der Waals surface area contributed by atoms with Crippen molar-refractivity contribution in [2.24, 2.45) is 0 Å². The summed E-state index contributed by atoms with van der Waals surface area (Å²) in [5, 5.41) is 33.5. The fraction of sp³-hybridized carbons (Fsp3) is 0.824. The third-order valence-corrected chi connectivity index (χ3v) is 3.62. The van der Waals surface area contributed by atoms with Gasteiger partial charge in [0.15, 0.2) is 0 Å². The van der Waals surface area contributed by atoms with Crippen LogP contribution in [0, 0.1) is 0 Å². The second-order valence-electron chi connectivity index (χ2n) is 5.88. The van der Waals surface area contributed by atoms with Gasteiger partial charge in [0.25, 0.3) is 0 Å². The van der Waals surface area contributed by atoms with Crippen molar-refractivity contribution in [3.05, 3.63) is 12.2 Å². The van der Waals surface area contributed by atoms with Crippen LogP contribution in [0.15, 0.2) is 12.2 Å². The summed E-state index contributed by atoms with van der Waals surface area (Å²) in [6.07, 6.45) is 6.31. The number of aliphatic hydroxyl groups is 2. The molecular weight excluding hydrogens is 303 g/mol. The summed E-state index contributed by atoms with van der Waals surface area (Å²) >= 11 is 0. The summed E-state index contributed by atoms with van der Waals surface area (Å²) in [6.45, 7) is 6.58. The molecule has 0 fully saturated rings. The molecule has 0 heterocycles. The molecule has 0 aliphatic carbocycles. The van der Waals surface area contributed by atoms with Crippen LogP contribution < -0.4 is 29.3 Å². The van der Waals surface area contributed by atoms with Crippen molar-refractivity contribution in [3.63, 3.8) is 0 Å². The Hall–Kier alpha value is -0.353. The van der Waals surface area contributed by atoms with Gasteiger partial charge in [-0.15, -0.1) is 0 Å². The quantitative estimate of drug-likeness (QED) is 0.167. The Morgan fingerprint density at radius 1 is 1.29 bits per heavy atom. The van der Waals surface area contributed by atoms with Crippen LogP contribution in [0.2, 0.25) is 0 Å². The van der Waals surface area contributed by atoms with E-state index in [0.29, 0.717) is 39.1 Å². The van der Waals surface area contributed by atoms with Crippen molar-refractivity contribution < 1.29 is 39.0 Å². The Morgan fingerprint density at radius 2 is 2.00 bits per heavy atom. The summed E-state index contributed by atoms with van der Waals surface area (Å²) in [4.78, 5) is 12.5. The molecule has 0 aliphatic heterocycles. The van der Waals surface area contributed by atoms with Gasteiger partial charge in [-0.2, -0.15) is 0 Å². The van der Waals surface area contributed by atoms with E-state index in [0.717, 1.165) is 19.3 Å². The predicted molar refractivity (Wildman–Crippen MR) is 89.9 cm³/mol. The van der Waals surface area contributed by atoms with Gasteiger partial charge in [-0.1, -0.05) is 31.9 Å². The molecule has 2 atom stereocenters. The molecule has 0 bridgehead atoms. The molecule has 0 saturated carbocycles. The first-order valence-corrected chi connectivity index (χ1v) is 8.59. The molecule has 6 nitrogen and oxygen atoms in total. The first kappa shape index (κ1) is 25.9. The van der Waals surface area contributed by atoms with E-state index in [9.17, 15) is 20.1 Å². The Bertz CT molecular complexity index is 330. The number of hydrogen-bond donors (Lipinski definition) is 3. The minimum atomic E-state index is -1.08. The maximum atomic E-state index is 10.6. The number of carbonyl (C=O) groups excluding carboxylic acids is 1. The van der Waals surface area contributed by atoms with Crippen LogP contribution in [0.5, 0.6) is 0 Å². The number of carboxylic acid groups (broad SMARTS) is 1. The van der Waals surface area contributed by atoms with E-state index in [-0.39, 0.29) is 31.4 Å². The molecule has 0 aliphatic rings. The predicted octanol–water partition coefficient (Wildman–Crippen LogP) is -3.10. The molecule has 0 saturated heterocycles. The van der Waals surface area contributed by atoms with Gasteiger partial charge in [-0.3, -0.25) is 4.90 Å². The maximum absolute atomic E-state index is 10.6. The maximum Gasteiger partial charge on any atom is 1.00 e. The van der Waals surface area contributed by atoms with Gasteiger partial charge in [0.1, 0.15) is 0 Å². The zero-order valence-corrected chi connectivity index (χ0v) is 15.5. The standard InChI is InChI=1S/C17H34N2O4.Li/c1-3-5-7-15(20)13-18-10-12-19(11-9-17(22)23)14-16(21)8-6-4-2;/h4,6,15-16,18,20-21H,3,5,7-14H2,1-2H3,(H,22,23);/q;+1/p-1/b6-4+;. The van der Waals surface area contributed by atoms with E-state index < -0.39 is 12.1 Å². The van der Waals surface area contributed by atoms with E-state index in [1.54, 1.807) is 0 Å². The monoisotopic (exact) mass is 336 g/mol. The number of hydrogen-bond acceptors (Lipinski definition) is 6. The summed E-state index contributed by atoms with van der Waals surface area (Å²) < 4.78 is 0. The molecular formula is C17H33LiN2O4. The molecule has 7 heteroatoms. The van der Waals surface area contributed by atoms with Gasteiger partial charge in [0.2, 0.25) is 0 Å². The molecule has 3 N–H and O–H groups in total. The van der Waals surface area contributed by atoms with Crippen LogP contribution in [0.4, 0.5) is 0 Å². The zero-order chi connectivity index (χ0) is 17.5. The Kier molecular flexibility index (Phi) is 18.8. The number of aliphatic hydroxyl groups excluding tert-OH is 2. The van der Waals surface area contributed by atoms with Crippen molar-refractivity contribution in [2.45, 2.75) is 58.2 Å². The van der Waals surface area contributed by atoms with Gasteiger partial charge < -0.3 is 25.4 Å². The first-order valence-electron chi connectivity index (χ1n) is 8.59. The third-order valence-electron chi connectivity index (χ3n) is 3.62. The molecule has 136 valence electrons. The van der Waals surface area contributed by atoms with Crippen molar-refractivity contribution in [3.8, 4) is 0 Å². The van der Waals surface area contributed by atoms with Crippen LogP contribution >= 0.6 is 0 Å². The zero-order valence-electron chi connectivity index (χ0n) is 15.5. The van der Waals surface area contributed by atoms with Gasteiger partial charge in [0.05, 0.1) is 12.2 Å². The largest absolute Gasteiger partial charge is 1.00 e. The van der Waals surface area contributed by atoms with Crippen LogP contribution in [-0.2, 0) is 4.79 Å². The van der Waals surface area contributed by atoms with Crippen LogP contribution in [0.25, 0.3) is 0 Å². The fourth-order valence-electron chi connectivity index (χ4n) is 2.26. The second kappa shape index (κ2) is 17.5. The number of nitrogens with one attached hydrogen (secondary N) is 1. The first-order chi connectivity index (χ1) is 11.0. The summed E-state index contributed by atoms with van der Waals surface area (Å²) in [7, 11) is 0. The molecule has 0 radical (unpaired) electrons. The molecule has 0 amide bonds. The number of carbonyl (C=O) groups is 1. The van der Waals surface area contributed by atoms with Crippen molar-refractivity contribution in [1.82, 2.24) is 10.2 Å². The van der Waals surface area contributed by atoms with Gasteiger partial charge >= 0.3 is 18.9 Å². The SMILES string of the molecule is C/C=C/CC(O)CN(CCNCC(O)CCCC)CCC(=O)[O-].[Li+]. The summed E-state index contributed by atoms with van der Waals surface area (Å²) in [6, 6.07) is 0. The number of unbranched alkanes of at least 4 members (excludes halogenated alkanes) is 1. The number of rotatable bonds is 15. The Morgan fingerprint density at radius 3 is 2.58 bits per heavy atom. The number of aliphatic carboxylic acids is 1. The average Bonchev–Trinajstić information content (AvgIpc) is 2.52. The second-order valence-corrected chi connectivity index (χ2v) is 5.88. The van der Waals surface area contributed by atoms with Crippen LogP contribution in [0.1, 0.15) is 46.0 Å². The molecule has 0 aromatic rings. The van der Waals surface area contributed by atoms with E-state index in [2.05, 4.69) is 12.2 Å². The molecule has 0 aromatic heterocycles. The number of nitrogens with zero attached hydrogens (tertiary/aromatic N) is 1. The topological polar surface area (TPSA) is 95.9 Å². The fourth-order valence-corrected chi connectivity index (χ4v) is 2.26. The normalized spacial score (nSPS) is 13.9. The van der Waals surface area contributed by atoms with Gasteiger partial charge in [-0.25, -0.2) is 0 Å². The van der Waals surface area contributed by atoms with Gasteiger partial charge in [-0.05, 0) is 26.2 Å². The van der Waals surface area contributed by atoms with E-state index in [1.165, 1.54) is 0 Å². The molecule has 0 spiro atoms. The van der Waals surface area contributed by atoms with E-state index >= 15 is 0 Å². The molecule has 0 rings (SSSR count). The van der Waals surface area contributed by atoms with Crippen molar-refractivity contribution in [1.29, 1.82) is 0 Å². The van der Waals surface area contributed by atoms with Crippen LogP contribution in [-0.4, -0.2) is 66.0 Å². The summed E-state index contributed by atoms with van der Waals surface area (Å²) in [5.41, 5.74) is 0. The van der Waals surface area contributed by atoms with E-state index in [1.807, 2.05) is 24.0 Å². The smallest absolute Gasteiger partial charge is 0.550 e.